The van der Waals surface area contributed by atoms with Crippen LogP contribution in [0.3, 0.4) is 0 Å². The number of hydrogen-bond acceptors (Lipinski definition) is 2. The van der Waals surface area contributed by atoms with Crippen LogP contribution in [0.1, 0.15) is 15.9 Å². The first kappa shape index (κ1) is 14.3. The Morgan fingerprint density at radius 3 is 2.55 bits per heavy atom. The lowest BCUT2D eigenvalue weighted by atomic mass is 9.97. The van der Waals surface area contributed by atoms with Crippen molar-refractivity contribution in [3.05, 3.63) is 52.3 Å². The molecule has 2 aromatic carbocycles. The highest BCUT2D eigenvalue weighted by molar-refractivity contribution is 6.33. The van der Waals surface area contributed by atoms with Crippen molar-refractivity contribution in [3.63, 3.8) is 0 Å². The van der Waals surface area contributed by atoms with Crippen LogP contribution < -0.4 is 4.74 Å². The van der Waals surface area contributed by atoms with Crippen LogP contribution in [0.4, 0.5) is 4.39 Å². The summed E-state index contributed by atoms with van der Waals surface area (Å²) in [5.41, 5.74) is 1.35. The molecule has 0 aliphatic carbocycles. The van der Waals surface area contributed by atoms with Crippen molar-refractivity contribution >= 4 is 17.6 Å². The van der Waals surface area contributed by atoms with Gasteiger partial charge in [-0.05, 0) is 48.4 Å². The summed E-state index contributed by atoms with van der Waals surface area (Å²) in [7, 11) is 1.45. The molecule has 104 valence electrons. The number of aromatic carboxylic acids is 1. The van der Waals surface area contributed by atoms with Gasteiger partial charge in [0.25, 0.3) is 0 Å². The van der Waals surface area contributed by atoms with Gasteiger partial charge in [-0.25, -0.2) is 9.18 Å². The second-order valence-corrected chi connectivity index (χ2v) is 4.71. The van der Waals surface area contributed by atoms with Gasteiger partial charge in [-0.3, -0.25) is 0 Å². The van der Waals surface area contributed by atoms with Crippen molar-refractivity contribution in [2.75, 3.05) is 7.11 Å². The normalized spacial score (nSPS) is 10.4. The number of carboxylic acid groups (broad SMARTS) is 1. The maximum atomic E-state index is 13.4. The number of hydrogen-bond donors (Lipinski definition) is 1. The topological polar surface area (TPSA) is 46.5 Å². The largest absolute Gasteiger partial charge is 0.497 e. The Morgan fingerprint density at radius 2 is 1.95 bits per heavy atom. The van der Waals surface area contributed by atoms with Crippen LogP contribution in [-0.2, 0) is 0 Å². The maximum Gasteiger partial charge on any atom is 0.336 e. The molecule has 0 bridgehead atoms. The van der Waals surface area contributed by atoms with Crippen LogP contribution in [0.2, 0.25) is 5.02 Å². The summed E-state index contributed by atoms with van der Waals surface area (Å²) < 4.78 is 18.4. The highest BCUT2D eigenvalue weighted by atomic mass is 35.5. The van der Waals surface area contributed by atoms with Crippen molar-refractivity contribution in [2.45, 2.75) is 6.92 Å². The minimum atomic E-state index is -1.10. The molecule has 0 radical (unpaired) electrons. The molecule has 0 saturated heterocycles. The number of benzene rings is 2. The standard InChI is InChI=1S/C15H12ClFO3/c1-8-5-11(13(16)7-14(8)17)10-4-3-9(20-2)6-12(10)15(18)19/h3-7H,1-2H3,(H,18,19). The van der Waals surface area contributed by atoms with E-state index in [0.29, 0.717) is 22.4 Å². The highest BCUT2D eigenvalue weighted by Crippen LogP contribution is 2.34. The van der Waals surface area contributed by atoms with E-state index in [0.717, 1.165) is 0 Å². The fraction of sp³-hybridized carbons (Fsp3) is 0.133. The molecule has 20 heavy (non-hydrogen) atoms. The van der Waals surface area contributed by atoms with Crippen LogP contribution in [0.25, 0.3) is 11.1 Å². The molecule has 1 N–H and O–H groups in total. The van der Waals surface area contributed by atoms with E-state index < -0.39 is 11.8 Å². The molecule has 0 spiro atoms. The third-order valence-electron chi connectivity index (χ3n) is 3.00. The van der Waals surface area contributed by atoms with Crippen molar-refractivity contribution < 1.29 is 19.0 Å². The number of ether oxygens (including phenoxy) is 1. The fourth-order valence-corrected chi connectivity index (χ4v) is 2.18. The zero-order chi connectivity index (χ0) is 14.9. The summed E-state index contributed by atoms with van der Waals surface area (Å²) in [4.78, 5) is 11.4. The molecule has 0 atom stereocenters. The van der Waals surface area contributed by atoms with Crippen molar-refractivity contribution in [3.8, 4) is 16.9 Å². The second kappa shape index (κ2) is 5.51. The van der Waals surface area contributed by atoms with Gasteiger partial charge in [-0.1, -0.05) is 11.6 Å². The van der Waals surface area contributed by atoms with E-state index in [1.54, 1.807) is 19.1 Å². The van der Waals surface area contributed by atoms with E-state index in [9.17, 15) is 14.3 Å². The quantitative estimate of drug-likeness (QED) is 0.924. The summed E-state index contributed by atoms with van der Waals surface area (Å²) in [5, 5.41) is 9.46. The molecule has 0 aromatic heterocycles. The molecule has 0 amide bonds. The first-order valence-electron chi connectivity index (χ1n) is 5.81. The Hall–Kier alpha value is -2.07. The minimum Gasteiger partial charge on any atom is -0.497 e. The van der Waals surface area contributed by atoms with Gasteiger partial charge in [0.05, 0.1) is 17.7 Å². The molecule has 0 fully saturated rings. The zero-order valence-corrected chi connectivity index (χ0v) is 11.7. The number of carboxylic acids is 1. The smallest absolute Gasteiger partial charge is 0.336 e. The molecule has 5 heteroatoms. The number of halogens is 2. The lowest BCUT2D eigenvalue weighted by Gasteiger charge is -2.11. The predicted octanol–water partition coefficient (Wildman–Crippen LogP) is 4.16. The summed E-state index contributed by atoms with van der Waals surface area (Å²) in [6.45, 7) is 1.60. The zero-order valence-electron chi connectivity index (χ0n) is 10.9. The van der Waals surface area contributed by atoms with E-state index in [2.05, 4.69) is 0 Å². The average molecular weight is 295 g/mol. The molecule has 0 aliphatic heterocycles. The molecule has 0 unspecified atom stereocenters. The van der Waals surface area contributed by atoms with Gasteiger partial charge in [0.1, 0.15) is 11.6 Å². The van der Waals surface area contributed by atoms with Crippen LogP contribution in [0.5, 0.6) is 5.75 Å². The van der Waals surface area contributed by atoms with E-state index in [1.807, 2.05) is 0 Å². The summed E-state index contributed by atoms with van der Waals surface area (Å²) >= 11 is 6.02. The first-order valence-corrected chi connectivity index (χ1v) is 6.19. The Bertz CT molecular complexity index is 683. The van der Waals surface area contributed by atoms with E-state index in [4.69, 9.17) is 16.3 Å². The van der Waals surface area contributed by atoms with Crippen molar-refractivity contribution in [1.29, 1.82) is 0 Å². The van der Waals surface area contributed by atoms with Crippen LogP contribution in [0.15, 0.2) is 30.3 Å². The lowest BCUT2D eigenvalue weighted by Crippen LogP contribution is -2.01. The maximum absolute atomic E-state index is 13.4. The molecule has 2 aromatic rings. The Morgan fingerprint density at radius 1 is 1.25 bits per heavy atom. The monoisotopic (exact) mass is 294 g/mol. The summed E-state index contributed by atoms with van der Waals surface area (Å²) in [5.74, 6) is -1.10. The van der Waals surface area contributed by atoms with Gasteiger partial charge in [0, 0.05) is 5.56 Å². The summed E-state index contributed by atoms with van der Waals surface area (Å²) in [6.07, 6.45) is 0. The van der Waals surface area contributed by atoms with Crippen LogP contribution in [0, 0.1) is 12.7 Å². The Balaban J connectivity index is 2.69. The molecular formula is C15H12ClFO3. The molecule has 2 rings (SSSR count). The number of methoxy groups -OCH3 is 1. The molecular weight excluding hydrogens is 283 g/mol. The van der Waals surface area contributed by atoms with Gasteiger partial charge >= 0.3 is 5.97 Å². The predicted molar refractivity (Wildman–Crippen MR) is 75.1 cm³/mol. The van der Waals surface area contributed by atoms with E-state index in [1.165, 1.54) is 25.3 Å². The Labute approximate surface area is 120 Å². The SMILES string of the molecule is COc1ccc(-c2cc(C)c(F)cc2Cl)c(C(=O)O)c1. The van der Waals surface area contributed by atoms with E-state index in [-0.39, 0.29) is 10.6 Å². The van der Waals surface area contributed by atoms with Gasteiger partial charge in [-0.2, -0.15) is 0 Å². The summed E-state index contributed by atoms with van der Waals surface area (Å²) in [6, 6.07) is 7.36. The molecule has 0 saturated carbocycles. The van der Waals surface area contributed by atoms with Gasteiger partial charge in [0.15, 0.2) is 0 Å². The third-order valence-corrected chi connectivity index (χ3v) is 3.31. The van der Waals surface area contributed by atoms with Gasteiger partial charge in [-0.15, -0.1) is 0 Å². The molecule has 0 aliphatic rings. The highest BCUT2D eigenvalue weighted by Gasteiger charge is 2.16. The number of carbonyl (C=O) groups is 1. The number of rotatable bonds is 3. The molecule has 0 heterocycles. The van der Waals surface area contributed by atoms with E-state index >= 15 is 0 Å². The fourth-order valence-electron chi connectivity index (χ4n) is 1.93. The van der Waals surface area contributed by atoms with Gasteiger partial charge in [0.2, 0.25) is 0 Å². The van der Waals surface area contributed by atoms with Gasteiger partial charge < -0.3 is 9.84 Å². The Kier molecular flexibility index (Phi) is 3.95. The number of aryl methyl sites for hydroxylation is 1. The van der Waals surface area contributed by atoms with Crippen molar-refractivity contribution in [2.24, 2.45) is 0 Å². The second-order valence-electron chi connectivity index (χ2n) is 4.30. The minimum absolute atomic E-state index is 0.0530. The lowest BCUT2D eigenvalue weighted by molar-refractivity contribution is 0.0697. The van der Waals surface area contributed by atoms with Crippen LogP contribution >= 0.6 is 11.6 Å². The first-order chi connectivity index (χ1) is 9.43. The van der Waals surface area contributed by atoms with Crippen molar-refractivity contribution in [1.82, 2.24) is 0 Å². The molecule has 3 nitrogen and oxygen atoms in total. The third kappa shape index (κ3) is 2.60. The van der Waals surface area contributed by atoms with Crippen LogP contribution in [-0.4, -0.2) is 18.2 Å². The average Bonchev–Trinajstić information content (AvgIpc) is 2.42.